The van der Waals surface area contributed by atoms with Gasteiger partial charge < -0.3 is 14.2 Å². The van der Waals surface area contributed by atoms with Gasteiger partial charge in [0.1, 0.15) is 6.10 Å². The van der Waals surface area contributed by atoms with Gasteiger partial charge in [0.05, 0.1) is 6.61 Å². The Morgan fingerprint density at radius 2 is 2.08 bits per heavy atom. The Bertz CT molecular complexity index is 166. The van der Waals surface area contributed by atoms with Crippen LogP contribution in [-0.2, 0) is 14.2 Å². The third-order valence-corrected chi connectivity index (χ3v) is 2.12. The molecule has 0 radical (unpaired) electrons. The third kappa shape index (κ3) is 2.17. The lowest BCUT2D eigenvalue weighted by atomic mass is 10.2. The molecule has 0 aliphatic carbocycles. The first-order valence-electron chi connectivity index (χ1n) is 4.05. The van der Waals surface area contributed by atoms with Crippen molar-refractivity contribution in [2.24, 2.45) is 5.73 Å². The standard InChI is InChI=1S/C8H17NO3/c1-6(8(9)5-11-8)12-7(2,3)10-4/h6H,5,9H2,1-4H3. The minimum atomic E-state index is -0.599. The summed E-state index contributed by atoms with van der Waals surface area (Å²) >= 11 is 0. The van der Waals surface area contributed by atoms with Crippen LogP contribution in [0.3, 0.4) is 0 Å². The molecule has 2 unspecified atom stereocenters. The summed E-state index contributed by atoms with van der Waals surface area (Å²) < 4.78 is 15.7. The zero-order valence-corrected chi connectivity index (χ0v) is 8.09. The molecule has 0 spiro atoms. The van der Waals surface area contributed by atoms with Gasteiger partial charge in [-0.2, -0.15) is 0 Å². The maximum atomic E-state index is 5.75. The number of methoxy groups -OCH3 is 1. The molecule has 1 aliphatic rings. The summed E-state index contributed by atoms with van der Waals surface area (Å²) in [6.07, 6.45) is -0.146. The lowest BCUT2D eigenvalue weighted by Gasteiger charge is -2.29. The van der Waals surface area contributed by atoms with Crippen molar-refractivity contribution >= 4 is 0 Å². The number of ether oxygens (including phenoxy) is 3. The fraction of sp³-hybridized carbons (Fsp3) is 1.00. The topological polar surface area (TPSA) is 57.0 Å². The van der Waals surface area contributed by atoms with Crippen molar-refractivity contribution in [1.29, 1.82) is 0 Å². The van der Waals surface area contributed by atoms with E-state index in [-0.39, 0.29) is 6.10 Å². The molecule has 2 N–H and O–H groups in total. The van der Waals surface area contributed by atoms with Gasteiger partial charge in [-0.25, -0.2) is 0 Å². The Morgan fingerprint density at radius 3 is 2.42 bits per heavy atom. The van der Waals surface area contributed by atoms with E-state index in [4.69, 9.17) is 19.9 Å². The molecule has 0 aromatic heterocycles. The molecule has 12 heavy (non-hydrogen) atoms. The van der Waals surface area contributed by atoms with Gasteiger partial charge in [0.25, 0.3) is 0 Å². The molecular formula is C8H17NO3. The molecular weight excluding hydrogens is 158 g/mol. The van der Waals surface area contributed by atoms with Gasteiger partial charge in [-0.1, -0.05) is 0 Å². The van der Waals surface area contributed by atoms with E-state index in [1.165, 1.54) is 0 Å². The van der Waals surface area contributed by atoms with Crippen molar-refractivity contribution in [3.63, 3.8) is 0 Å². The van der Waals surface area contributed by atoms with E-state index < -0.39 is 11.5 Å². The Morgan fingerprint density at radius 1 is 1.58 bits per heavy atom. The molecule has 0 amide bonds. The average molecular weight is 175 g/mol. The van der Waals surface area contributed by atoms with Crippen molar-refractivity contribution < 1.29 is 14.2 Å². The van der Waals surface area contributed by atoms with Crippen LogP contribution >= 0.6 is 0 Å². The van der Waals surface area contributed by atoms with E-state index in [2.05, 4.69) is 0 Å². The first-order valence-corrected chi connectivity index (χ1v) is 4.05. The van der Waals surface area contributed by atoms with Gasteiger partial charge in [0.2, 0.25) is 0 Å². The summed E-state index contributed by atoms with van der Waals surface area (Å²) in [5, 5.41) is 0. The highest BCUT2D eigenvalue weighted by atomic mass is 16.7. The Hall–Kier alpha value is -0.160. The van der Waals surface area contributed by atoms with Gasteiger partial charge in [-0.15, -0.1) is 0 Å². The van der Waals surface area contributed by atoms with Crippen LogP contribution in [0.25, 0.3) is 0 Å². The predicted octanol–water partition coefficient (Wildman–Crippen LogP) is 0.459. The maximum Gasteiger partial charge on any atom is 0.166 e. The number of hydrogen-bond donors (Lipinski definition) is 1. The second kappa shape index (κ2) is 2.96. The number of hydrogen-bond acceptors (Lipinski definition) is 4. The fourth-order valence-corrected chi connectivity index (χ4v) is 0.892. The Kier molecular flexibility index (Phi) is 2.45. The molecule has 0 bridgehead atoms. The predicted molar refractivity (Wildman–Crippen MR) is 44.5 cm³/mol. The van der Waals surface area contributed by atoms with Gasteiger partial charge in [0, 0.05) is 7.11 Å². The Labute approximate surface area is 73.0 Å². The zero-order chi connectivity index (χ0) is 9.41. The number of nitrogens with two attached hydrogens (primary N) is 1. The highest BCUT2D eigenvalue weighted by molar-refractivity contribution is 4.92. The number of epoxide rings is 1. The van der Waals surface area contributed by atoms with Crippen LogP contribution in [0.5, 0.6) is 0 Å². The van der Waals surface area contributed by atoms with Crippen molar-refractivity contribution in [1.82, 2.24) is 0 Å². The minimum Gasteiger partial charge on any atom is -0.354 e. The van der Waals surface area contributed by atoms with Crippen molar-refractivity contribution in [3.8, 4) is 0 Å². The van der Waals surface area contributed by atoms with Crippen molar-refractivity contribution in [2.45, 2.75) is 38.4 Å². The summed E-state index contributed by atoms with van der Waals surface area (Å²) in [6.45, 7) is 6.13. The first kappa shape index (κ1) is 9.92. The third-order valence-electron chi connectivity index (χ3n) is 2.12. The van der Waals surface area contributed by atoms with E-state index in [1.807, 2.05) is 20.8 Å². The molecule has 1 heterocycles. The lowest BCUT2D eigenvalue weighted by molar-refractivity contribution is -0.230. The molecule has 1 aliphatic heterocycles. The fourth-order valence-electron chi connectivity index (χ4n) is 0.892. The second-order valence-corrected chi connectivity index (χ2v) is 3.61. The maximum absolute atomic E-state index is 5.75. The monoisotopic (exact) mass is 175 g/mol. The van der Waals surface area contributed by atoms with Gasteiger partial charge >= 0.3 is 0 Å². The van der Waals surface area contributed by atoms with Crippen LogP contribution in [0.15, 0.2) is 0 Å². The lowest BCUT2D eigenvalue weighted by Crippen LogP contribution is -2.44. The van der Waals surface area contributed by atoms with Crippen LogP contribution in [0.1, 0.15) is 20.8 Å². The number of rotatable bonds is 4. The van der Waals surface area contributed by atoms with Gasteiger partial charge in [-0.3, -0.25) is 5.73 Å². The Balaban J connectivity index is 2.40. The molecule has 1 saturated heterocycles. The molecule has 0 saturated carbocycles. The molecule has 72 valence electrons. The SMILES string of the molecule is COC(C)(C)OC(C)C1(N)CO1. The molecule has 1 fully saturated rings. The highest BCUT2D eigenvalue weighted by Gasteiger charge is 2.48. The van der Waals surface area contributed by atoms with Crippen LogP contribution in [-0.4, -0.2) is 31.3 Å². The van der Waals surface area contributed by atoms with Crippen molar-refractivity contribution in [3.05, 3.63) is 0 Å². The van der Waals surface area contributed by atoms with E-state index in [0.717, 1.165) is 0 Å². The summed E-state index contributed by atoms with van der Waals surface area (Å²) in [4.78, 5) is 0. The molecule has 0 aromatic rings. The molecule has 4 nitrogen and oxygen atoms in total. The second-order valence-electron chi connectivity index (χ2n) is 3.61. The average Bonchev–Trinajstić information content (AvgIpc) is 2.69. The summed E-state index contributed by atoms with van der Waals surface area (Å²) in [5.74, 6) is -0.599. The normalized spacial score (nSPS) is 31.8. The summed E-state index contributed by atoms with van der Waals surface area (Å²) in [5.41, 5.74) is 5.16. The minimum absolute atomic E-state index is 0.146. The van der Waals surface area contributed by atoms with Crippen molar-refractivity contribution in [2.75, 3.05) is 13.7 Å². The van der Waals surface area contributed by atoms with E-state index in [0.29, 0.717) is 6.61 Å². The zero-order valence-electron chi connectivity index (χ0n) is 8.09. The van der Waals surface area contributed by atoms with Crippen LogP contribution in [0.2, 0.25) is 0 Å². The quantitative estimate of drug-likeness (QED) is 0.498. The first-order chi connectivity index (χ1) is 5.40. The largest absolute Gasteiger partial charge is 0.354 e. The highest BCUT2D eigenvalue weighted by Crippen LogP contribution is 2.29. The molecule has 1 rings (SSSR count). The summed E-state index contributed by atoms with van der Waals surface area (Å²) in [6, 6.07) is 0. The smallest absolute Gasteiger partial charge is 0.166 e. The van der Waals surface area contributed by atoms with Gasteiger partial charge in [0.15, 0.2) is 11.5 Å². The molecule has 0 aromatic carbocycles. The van der Waals surface area contributed by atoms with Crippen LogP contribution < -0.4 is 5.73 Å². The molecule has 2 atom stereocenters. The summed E-state index contributed by atoms with van der Waals surface area (Å²) in [7, 11) is 1.60. The van der Waals surface area contributed by atoms with Crippen LogP contribution in [0.4, 0.5) is 0 Å². The van der Waals surface area contributed by atoms with E-state index in [1.54, 1.807) is 7.11 Å². The van der Waals surface area contributed by atoms with Crippen LogP contribution in [0, 0.1) is 0 Å². The van der Waals surface area contributed by atoms with E-state index in [9.17, 15) is 0 Å². The van der Waals surface area contributed by atoms with Gasteiger partial charge in [-0.05, 0) is 20.8 Å². The molecule has 4 heteroatoms. The van der Waals surface area contributed by atoms with E-state index >= 15 is 0 Å².